The summed E-state index contributed by atoms with van der Waals surface area (Å²) in [5.74, 6) is 0.216. The molecule has 1 rings (SSSR count). The van der Waals surface area contributed by atoms with E-state index in [0.717, 1.165) is 0 Å². The SMILES string of the molecule is COc1ccccc1C(=O)N(CC(C)O)CC(C)O. The number of rotatable bonds is 6. The number of benzene rings is 1. The number of hydrogen-bond donors (Lipinski definition) is 2. The Morgan fingerprint density at radius 2 is 1.74 bits per heavy atom. The zero-order valence-electron chi connectivity index (χ0n) is 11.5. The molecular weight excluding hydrogens is 246 g/mol. The minimum absolute atomic E-state index is 0.168. The van der Waals surface area contributed by atoms with Crippen LogP contribution in [0.1, 0.15) is 24.2 Å². The fraction of sp³-hybridized carbons (Fsp3) is 0.500. The van der Waals surface area contributed by atoms with E-state index in [1.54, 1.807) is 38.1 Å². The van der Waals surface area contributed by atoms with Crippen LogP contribution in [0.5, 0.6) is 5.75 Å². The summed E-state index contributed by atoms with van der Waals surface area (Å²) in [6.45, 7) is 3.54. The number of nitrogens with zero attached hydrogens (tertiary/aromatic N) is 1. The van der Waals surface area contributed by atoms with E-state index in [-0.39, 0.29) is 19.0 Å². The second kappa shape index (κ2) is 7.11. The Bertz CT molecular complexity index is 408. The average molecular weight is 267 g/mol. The van der Waals surface area contributed by atoms with E-state index in [1.807, 2.05) is 0 Å². The maximum absolute atomic E-state index is 12.4. The largest absolute Gasteiger partial charge is 0.496 e. The molecule has 0 saturated heterocycles. The Hall–Kier alpha value is -1.59. The van der Waals surface area contributed by atoms with Gasteiger partial charge in [0.25, 0.3) is 5.91 Å². The molecule has 5 heteroatoms. The van der Waals surface area contributed by atoms with Crippen molar-refractivity contribution in [2.24, 2.45) is 0 Å². The molecule has 1 aromatic carbocycles. The van der Waals surface area contributed by atoms with Gasteiger partial charge in [0.15, 0.2) is 0 Å². The number of para-hydroxylation sites is 1. The average Bonchev–Trinajstić information content (AvgIpc) is 2.36. The van der Waals surface area contributed by atoms with Crippen LogP contribution in [0.2, 0.25) is 0 Å². The molecule has 2 N–H and O–H groups in total. The molecular formula is C14H21NO4. The molecule has 0 aliphatic rings. The lowest BCUT2D eigenvalue weighted by Gasteiger charge is -2.26. The number of hydrogen-bond acceptors (Lipinski definition) is 4. The van der Waals surface area contributed by atoms with Crippen molar-refractivity contribution in [3.05, 3.63) is 29.8 Å². The highest BCUT2D eigenvalue weighted by Crippen LogP contribution is 2.19. The predicted octanol–water partition coefficient (Wildman–Crippen LogP) is 0.899. The summed E-state index contributed by atoms with van der Waals surface area (Å²) < 4.78 is 5.15. The quantitative estimate of drug-likeness (QED) is 0.803. The zero-order valence-corrected chi connectivity index (χ0v) is 11.5. The number of carbonyl (C=O) groups excluding carboxylic acids is 1. The number of ether oxygens (including phenoxy) is 1. The van der Waals surface area contributed by atoms with E-state index in [0.29, 0.717) is 11.3 Å². The van der Waals surface area contributed by atoms with Gasteiger partial charge in [-0.2, -0.15) is 0 Å². The molecule has 0 saturated carbocycles. The van der Waals surface area contributed by atoms with Crippen molar-refractivity contribution in [1.29, 1.82) is 0 Å². The van der Waals surface area contributed by atoms with E-state index in [9.17, 15) is 15.0 Å². The summed E-state index contributed by atoms with van der Waals surface area (Å²) in [6.07, 6.45) is -1.31. The van der Waals surface area contributed by atoms with Crippen molar-refractivity contribution < 1.29 is 19.7 Å². The van der Waals surface area contributed by atoms with E-state index < -0.39 is 12.2 Å². The molecule has 1 amide bonds. The van der Waals surface area contributed by atoms with Crippen LogP contribution in [-0.4, -0.2) is 53.4 Å². The maximum atomic E-state index is 12.4. The third-order valence-electron chi connectivity index (χ3n) is 2.59. The molecule has 0 fully saturated rings. The number of amides is 1. The van der Waals surface area contributed by atoms with Gasteiger partial charge < -0.3 is 19.8 Å². The van der Waals surface area contributed by atoms with E-state index >= 15 is 0 Å². The number of carbonyl (C=O) groups is 1. The van der Waals surface area contributed by atoms with Gasteiger partial charge in [0.1, 0.15) is 5.75 Å². The van der Waals surface area contributed by atoms with Gasteiger partial charge in [0.2, 0.25) is 0 Å². The molecule has 1 aromatic rings. The van der Waals surface area contributed by atoms with Gasteiger partial charge in [0, 0.05) is 13.1 Å². The molecule has 0 aliphatic carbocycles. The Balaban J connectivity index is 2.97. The summed E-state index contributed by atoms with van der Waals surface area (Å²) in [4.78, 5) is 13.8. The van der Waals surface area contributed by atoms with Gasteiger partial charge in [-0.3, -0.25) is 4.79 Å². The molecule has 0 aromatic heterocycles. The Labute approximate surface area is 113 Å². The lowest BCUT2D eigenvalue weighted by Crippen LogP contribution is -2.40. The van der Waals surface area contributed by atoms with Crippen molar-refractivity contribution in [3.8, 4) is 5.75 Å². The molecule has 0 bridgehead atoms. The first-order valence-corrected chi connectivity index (χ1v) is 6.24. The van der Waals surface area contributed by atoms with Crippen LogP contribution in [0.15, 0.2) is 24.3 Å². The normalized spacial score (nSPS) is 13.7. The summed E-state index contributed by atoms with van der Waals surface area (Å²) in [7, 11) is 1.50. The second-order valence-electron chi connectivity index (χ2n) is 4.61. The van der Waals surface area contributed by atoms with Crippen LogP contribution in [0.25, 0.3) is 0 Å². The Morgan fingerprint density at radius 3 is 2.21 bits per heavy atom. The summed E-state index contributed by atoms with van der Waals surface area (Å²) >= 11 is 0. The minimum atomic E-state index is -0.655. The third kappa shape index (κ3) is 4.54. The summed E-state index contributed by atoms with van der Waals surface area (Å²) in [5.41, 5.74) is 0.423. The summed E-state index contributed by atoms with van der Waals surface area (Å²) in [6, 6.07) is 6.90. The minimum Gasteiger partial charge on any atom is -0.496 e. The molecule has 0 aliphatic heterocycles. The lowest BCUT2D eigenvalue weighted by molar-refractivity contribution is 0.0515. The number of aliphatic hydroxyl groups excluding tert-OH is 2. The summed E-state index contributed by atoms with van der Waals surface area (Å²) in [5, 5.41) is 18.9. The van der Waals surface area contributed by atoms with Crippen LogP contribution < -0.4 is 4.74 Å². The van der Waals surface area contributed by atoms with Crippen LogP contribution in [0, 0.1) is 0 Å². The highest BCUT2D eigenvalue weighted by Gasteiger charge is 2.21. The smallest absolute Gasteiger partial charge is 0.257 e. The van der Waals surface area contributed by atoms with E-state index in [2.05, 4.69) is 0 Å². The molecule has 2 unspecified atom stereocenters. The standard InChI is InChI=1S/C14H21NO4/c1-10(16)8-15(9-11(2)17)14(18)12-6-4-5-7-13(12)19-3/h4-7,10-11,16-17H,8-9H2,1-3H3. The first-order valence-electron chi connectivity index (χ1n) is 6.24. The van der Waals surface area contributed by atoms with Gasteiger partial charge in [-0.05, 0) is 26.0 Å². The Kier molecular flexibility index (Phi) is 5.79. The molecule has 2 atom stereocenters. The lowest BCUT2D eigenvalue weighted by atomic mass is 10.1. The molecule has 0 radical (unpaired) electrons. The molecule has 0 heterocycles. The van der Waals surface area contributed by atoms with Gasteiger partial charge in [-0.1, -0.05) is 12.1 Å². The first-order chi connectivity index (χ1) is 8.95. The maximum Gasteiger partial charge on any atom is 0.257 e. The van der Waals surface area contributed by atoms with Crippen LogP contribution >= 0.6 is 0 Å². The van der Waals surface area contributed by atoms with Crippen molar-refractivity contribution in [2.75, 3.05) is 20.2 Å². The van der Waals surface area contributed by atoms with Gasteiger partial charge in [0.05, 0.1) is 24.9 Å². The third-order valence-corrected chi connectivity index (χ3v) is 2.59. The van der Waals surface area contributed by atoms with E-state index in [4.69, 9.17) is 4.74 Å². The number of aliphatic hydroxyl groups is 2. The van der Waals surface area contributed by atoms with Crippen LogP contribution in [0.3, 0.4) is 0 Å². The molecule has 106 valence electrons. The highest BCUT2D eigenvalue weighted by atomic mass is 16.5. The van der Waals surface area contributed by atoms with E-state index in [1.165, 1.54) is 12.0 Å². The van der Waals surface area contributed by atoms with Crippen molar-refractivity contribution >= 4 is 5.91 Å². The van der Waals surface area contributed by atoms with Crippen LogP contribution in [-0.2, 0) is 0 Å². The molecule has 0 spiro atoms. The molecule has 19 heavy (non-hydrogen) atoms. The van der Waals surface area contributed by atoms with Crippen molar-refractivity contribution in [1.82, 2.24) is 4.90 Å². The first kappa shape index (κ1) is 15.5. The monoisotopic (exact) mass is 267 g/mol. The van der Waals surface area contributed by atoms with Gasteiger partial charge in [-0.15, -0.1) is 0 Å². The number of methoxy groups -OCH3 is 1. The zero-order chi connectivity index (χ0) is 14.4. The topological polar surface area (TPSA) is 70.0 Å². The van der Waals surface area contributed by atoms with Crippen molar-refractivity contribution in [2.45, 2.75) is 26.1 Å². The van der Waals surface area contributed by atoms with Gasteiger partial charge in [-0.25, -0.2) is 0 Å². The Morgan fingerprint density at radius 1 is 1.21 bits per heavy atom. The van der Waals surface area contributed by atoms with Gasteiger partial charge >= 0.3 is 0 Å². The predicted molar refractivity (Wildman–Crippen MR) is 72.3 cm³/mol. The van der Waals surface area contributed by atoms with Crippen molar-refractivity contribution in [3.63, 3.8) is 0 Å². The highest BCUT2D eigenvalue weighted by molar-refractivity contribution is 5.97. The second-order valence-corrected chi connectivity index (χ2v) is 4.61. The van der Waals surface area contributed by atoms with Crippen LogP contribution in [0.4, 0.5) is 0 Å². The fourth-order valence-electron chi connectivity index (χ4n) is 1.87. The molecule has 5 nitrogen and oxygen atoms in total. The fourth-order valence-corrected chi connectivity index (χ4v) is 1.87.